The molecule has 0 saturated carbocycles. The van der Waals surface area contributed by atoms with E-state index in [1.807, 2.05) is 13.8 Å². The van der Waals surface area contributed by atoms with Crippen LogP contribution in [0.5, 0.6) is 0 Å². The molecular formula is C15H21FN2O. The summed E-state index contributed by atoms with van der Waals surface area (Å²) in [6.07, 6.45) is 4.68. The lowest BCUT2D eigenvalue weighted by Crippen LogP contribution is -2.52. The highest BCUT2D eigenvalue weighted by Gasteiger charge is 2.25. The van der Waals surface area contributed by atoms with E-state index in [1.165, 1.54) is 18.2 Å². The Hall–Kier alpha value is -1.68. The average Bonchev–Trinajstić information content (AvgIpc) is 2.44. The van der Waals surface area contributed by atoms with Gasteiger partial charge in [-0.15, -0.1) is 0 Å². The van der Waals surface area contributed by atoms with Crippen molar-refractivity contribution in [1.29, 1.82) is 0 Å². The van der Waals surface area contributed by atoms with Crippen LogP contribution in [0.15, 0.2) is 30.3 Å². The number of hydrogen-bond donors (Lipinski definition) is 2. The van der Waals surface area contributed by atoms with Gasteiger partial charge in [-0.3, -0.25) is 4.79 Å². The third kappa shape index (κ3) is 4.48. The van der Waals surface area contributed by atoms with Gasteiger partial charge in [-0.2, -0.15) is 0 Å². The zero-order valence-electron chi connectivity index (χ0n) is 11.4. The van der Waals surface area contributed by atoms with Crippen LogP contribution in [0.2, 0.25) is 0 Å². The van der Waals surface area contributed by atoms with Gasteiger partial charge in [0.1, 0.15) is 5.82 Å². The van der Waals surface area contributed by atoms with Crippen LogP contribution >= 0.6 is 0 Å². The molecule has 1 amide bonds. The lowest BCUT2D eigenvalue weighted by molar-refractivity contribution is -0.118. The zero-order chi connectivity index (χ0) is 14.3. The van der Waals surface area contributed by atoms with Crippen molar-refractivity contribution in [2.24, 2.45) is 5.73 Å². The van der Waals surface area contributed by atoms with E-state index in [0.717, 1.165) is 18.4 Å². The van der Waals surface area contributed by atoms with E-state index in [-0.39, 0.29) is 17.3 Å². The first-order valence-electron chi connectivity index (χ1n) is 6.51. The topological polar surface area (TPSA) is 55.1 Å². The number of amides is 1. The summed E-state index contributed by atoms with van der Waals surface area (Å²) in [5, 5.41) is 2.94. The molecule has 0 aliphatic carbocycles. The standard InChI is InChI=1S/C15H21FN2O/c1-3-15(4-2,11-17)18-14(19)10-7-12-5-8-13(16)9-6-12/h5-10H,3-4,11,17H2,1-2H3,(H,18,19). The number of benzene rings is 1. The van der Waals surface area contributed by atoms with Gasteiger partial charge in [0.2, 0.25) is 5.91 Å². The van der Waals surface area contributed by atoms with Gasteiger partial charge in [0.15, 0.2) is 0 Å². The highest BCUT2D eigenvalue weighted by Crippen LogP contribution is 2.13. The van der Waals surface area contributed by atoms with Crippen LogP contribution in [0, 0.1) is 5.82 Å². The van der Waals surface area contributed by atoms with Crippen molar-refractivity contribution in [2.75, 3.05) is 6.54 Å². The Bertz CT molecular complexity index is 428. The van der Waals surface area contributed by atoms with E-state index in [4.69, 9.17) is 5.73 Å². The number of carbonyl (C=O) groups excluding carboxylic acids is 1. The first kappa shape index (κ1) is 15.4. The lowest BCUT2D eigenvalue weighted by atomic mass is 9.93. The molecule has 104 valence electrons. The maximum atomic E-state index is 12.7. The predicted molar refractivity (Wildman–Crippen MR) is 75.9 cm³/mol. The van der Waals surface area contributed by atoms with Crippen molar-refractivity contribution < 1.29 is 9.18 Å². The monoisotopic (exact) mass is 264 g/mol. The van der Waals surface area contributed by atoms with Gasteiger partial charge in [0.05, 0.1) is 5.54 Å². The molecule has 4 heteroatoms. The van der Waals surface area contributed by atoms with Gasteiger partial charge in [-0.25, -0.2) is 4.39 Å². The summed E-state index contributed by atoms with van der Waals surface area (Å²) in [6.45, 7) is 4.41. The molecule has 0 atom stereocenters. The fourth-order valence-electron chi connectivity index (χ4n) is 1.82. The second-order valence-corrected chi connectivity index (χ2v) is 4.57. The smallest absolute Gasteiger partial charge is 0.244 e. The highest BCUT2D eigenvalue weighted by atomic mass is 19.1. The van der Waals surface area contributed by atoms with E-state index in [0.29, 0.717) is 6.54 Å². The summed E-state index contributed by atoms with van der Waals surface area (Å²) < 4.78 is 12.7. The van der Waals surface area contributed by atoms with Crippen molar-refractivity contribution in [3.63, 3.8) is 0 Å². The van der Waals surface area contributed by atoms with Crippen LogP contribution in [-0.2, 0) is 4.79 Å². The van der Waals surface area contributed by atoms with E-state index in [2.05, 4.69) is 5.32 Å². The quantitative estimate of drug-likeness (QED) is 0.775. The number of nitrogens with one attached hydrogen (secondary N) is 1. The van der Waals surface area contributed by atoms with Gasteiger partial charge in [0, 0.05) is 12.6 Å². The molecule has 1 rings (SSSR count). The van der Waals surface area contributed by atoms with E-state index in [1.54, 1.807) is 18.2 Å². The van der Waals surface area contributed by atoms with E-state index < -0.39 is 0 Å². The minimum Gasteiger partial charge on any atom is -0.346 e. The van der Waals surface area contributed by atoms with Crippen molar-refractivity contribution in [3.05, 3.63) is 41.7 Å². The first-order valence-corrected chi connectivity index (χ1v) is 6.51. The second-order valence-electron chi connectivity index (χ2n) is 4.57. The van der Waals surface area contributed by atoms with Crippen LogP contribution < -0.4 is 11.1 Å². The molecule has 0 fully saturated rings. The molecule has 0 radical (unpaired) electrons. The fraction of sp³-hybridized carbons (Fsp3) is 0.400. The summed E-state index contributed by atoms with van der Waals surface area (Å²) in [4.78, 5) is 11.8. The Kier molecular flexibility index (Phi) is 5.70. The predicted octanol–water partition coefficient (Wildman–Crippen LogP) is 2.47. The van der Waals surface area contributed by atoms with Gasteiger partial charge < -0.3 is 11.1 Å². The van der Waals surface area contributed by atoms with Crippen LogP contribution in [0.4, 0.5) is 4.39 Å². The van der Waals surface area contributed by atoms with Crippen molar-refractivity contribution >= 4 is 12.0 Å². The van der Waals surface area contributed by atoms with Crippen LogP contribution in [0.1, 0.15) is 32.3 Å². The molecule has 0 heterocycles. The maximum Gasteiger partial charge on any atom is 0.244 e. The average molecular weight is 264 g/mol. The lowest BCUT2D eigenvalue weighted by Gasteiger charge is -2.30. The summed E-state index contributed by atoms with van der Waals surface area (Å²) in [7, 11) is 0. The SMILES string of the molecule is CCC(CC)(CN)NC(=O)C=Cc1ccc(F)cc1. The number of rotatable bonds is 6. The highest BCUT2D eigenvalue weighted by molar-refractivity contribution is 5.92. The molecule has 0 aromatic heterocycles. The van der Waals surface area contributed by atoms with Crippen LogP contribution in [0.25, 0.3) is 6.08 Å². The summed E-state index contributed by atoms with van der Waals surface area (Å²) in [5.41, 5.74) is 6.16. The molecule has 3 N–H and O–H groups in total. The Morgan fingerprint density at radius 2 is 1.89 bits per heavy atom. The summed E-state index contributed by atoms with van der Waals surface area (Å²) in [6, 6.07) is 5.96. The molecule has 19 heavy (non-hydrogen) atoms. The Balaban J connectivity index is 2.66. The van der Waals surface area contributed by atoms with Gasteiger partial charge >= 0.3 is 0 Å². The molecule has 0 saturated heterocycles. The largest absolute Gasteiger partial charge is 0.346 e. The number of carbonyl (C=O) groups is 1. The molecule has 0 aliphatic rings. The molecule has 0 bridgehead atoms. The zero-order valence-corrected chi connectivity index (χ0v) is 11.4. The second kappa shape index (κ2) is 7.04. The van der Waals surface area contributed by atoms with Crippen LogP contribution in [0.3, 0.4) is 0 Å². The van der Waals surface area contributed by atoms with Gasteiger partial charge in [0.25, 0.3) is 0 Å². The van der Waals surface area contributed by atoms with Crippen molar-refractivity contribution in [2.45, 2.75) is 32.2 Å². The molecule has 0 aliphatic heterocycles. The Morgan fingerprint density at radius 1 is 1.32 bits per heavy atom. The van der Waals surface area contributed by atoms with E-state index >= 15 is 0 Å². The normalized spacial score (nSPS) is 11.8. The van der Waals surface area contributed by atoms with Crippen molar-refractivity contribution in [3.8, 4) is 0 Å². The molecule has 3 nitrogen and oxygen atoms in total. The number of nitrogens with two attached hydrogens (primary N) is 1. The third-order valence-corrected chi connectivity index (χ3v) is 3.43. The Morgan fingerprint density at radius 3 is 2.37 bits per heavy atom. The third-order valence-electron chi connectivity index (χ3n) is 3.43. The van der Waals surface area contributed by atoms with Crippen molar-refractivity contribution in [1.82, 2.24) is 5.32 Å². The minimum absolute atomic E-state index is 0.182. The number of halogens is 1. The van der Waals surface area contributed by atoms with Crippen LogP contribution in [-0.4, -0.2) is 18.0 Å². The molecule has 1 aromatic rings. The molecule has 1 aromatic carbocycles. The minimum atomic E-state index is -0.343. The molecule has 0 unspecified atom stereocenters. The maximum absolute atomic E-state index is 12.7. The Labute approximate surface area is 113 Å². The summed E-state index contributed by atoms with van der Waals surface area (Å²) in [5.74, 6) is -0.473. The van der Waals surface area contributed by atoms with Gasteiger partial charge in [-0.1, -0.05) is 26.0 Å². The molecular weight excluding hydrogens is 243 g/mol. The van der Waals surface area contributed by atoms with E-state index in [9.17, 15) is 9.18 Å². The molecule has 0 spiro atoms. The first-order chi connectivity index (χ1) is 9.05. The summed E-state index contributed by atoms with van der Waals surface area (Å²) >= 11 is 0. The fourth-order valence-corrected chi connectivity index (χ4v) is 1.82. The number of hydrogen-bond acceptors (Lipinski definition) is 2. The van der Waals surface area contributed by atoms with Gasteiger partial charge in [-0.05, 0) is 36.6 Å².